The van der Waals surface area contributed by atoms with E-state index < -0.39 is 11.5 Å². The van der Waals surface area contributed by atoms with Crippen LogP contribution in [0.5, 0.6) is 5.75 Å². The minimum atomic E-state index is -0.535. The highest BCUT2D eigenvalue weighted by atomic mass is 16.5. The average Bonchev–Trinajstić information content (AvgIpc) is 2.74. The lowest BCUT2D eigenvalue weighted by Gasteiger charge is -2.32. The van der Waals surface area contributed by atoms with Crippen molar-refractivity contribution in [1.82, 2.24) is 4.57 Å². The van der Waals surface area contributed by atoms with E-state index in [2.05, 4.69) is 5.32 Å². The van der Waals surface area contributed by atoms with Crippen molar-refractivity contribution in [2.45, 2.75) is 33.6 Å². The van der Waals surface area contributed by atoms with E-state index in [9.17, 15) is 14.4 Å². The number of methoxy groups -OCH3 is 1. The number of amides is 1. The Balaban J connectivity index is 1.90. The number of ether oxygens (including phenoxy) is 1. The van der Waals surface area contributed by atoms with Gasteiger partial charge in [-0.1, -0.05) is 32.0 Å². The van der Waals surface area contributed by atoms with Crippen LogP contribution in [0.4, 0.5) is 5.69 Å². The van der Waals surface area contributed by atoms with Crippen LogP contribution in [0.2, 0.25) is 0 Å². The molecule has 1 aliphatic carbocycles. The molecule has 0 atom stereocenters. The quantitative estimate of drug-likeness (QED) is 0.658. The highest BCUT2D eigenvalue weighted by Gasteiger charge is 2.35. The number of rotatable bonds is 4. The summed E-state index contributed by atoms with van der Waals surface area (Å²) in [5.41, 5.74) is 2.36. The van der Waals surface area contributed by atoms with Gasteiger partial charge in [0.1, 0.15) is 11.3 Å². The van der Waals surface area contributed by atoms with Crippen molar-refractivity contribution in [1.29, 1.82) is 0 Å². The van der Waals surface area contributed by atoms with Gasteiger partial charge in [0.25, 0.3) is 11.5 Å². The van der Waals surface area contributed by atoms with Gasteiger partial charge in [0.2, 0.25) is 0 Å². The molecular formula is C26H26N2O4. The molecule has 1 heterocycles. The Labute approximate surface area is 186 Å². The summed E-state index contributed by atoms with van der Waals surface area (Å²) in [6.07, 6.45) is 0.911. The number of Topliss-reactive ketones (excluding diaryl/α,β-unsaturated/α-hetero) is 1. The number of anilines is 1. The Morgan fingerprint density at radius 3 is 2.38 bits per heavy atom. The summed E-state index contributed by atoms with van der Waals surface area (Å²) in [4.78, 5) is 39.7. The van der Waals surface area contributed by atoms with Crippen LogP contribution in [0.15, 0.2) is 59.4 Å². The van der Waals surface area contributed by atoms with Crippen LogP contribution in [0, 0.1) is 12.3 Å². The Hall–Kier alpha value is -3.67. The van der Waals surface area contributed by atoms with Crippen molar-refractivity contribution in [3.63, 3.8) is 0 Å². The first-order valence-electron chi connectivity index (χ1n) is 10.5. The smallest absolute Gasteiger partial charge is 0.268 e. The van der Waals surface area contributed by atoms with Gasteiger partial charge in [-0.05, 0) is 60.7 Å². The Morgan fingerprint density at radius 1 is 1.03 bits per heavy atom. The first-order valence-corrected chi connectivity index (χ1v) is 10.5. The van der Waals surface area contributed by atoms with E-state index in [1.807, 2.05) is 39.0 Å². The molecule has 0 saturated carbocycles. The average molecular weight is 431 g/mol. The molecule has 1 amide bonds. The molecular weight excluding hydrogens is 404 g/mol. The molecule has 1 N–H and O–H groups in total. The van der Waals surface area contributed by atoms with E-state index in [4.69, 9.17) is 4.74 Å². The molecule has 3 aromatic rings. The van der Waals surface area contributed by atoms with Gasteiger partial charge in [-0.2, -0.15) is 0 Å². The lowest BCUT2D eigenvalue weighted by Crippen LogP contribution is -2.37. The minimum absolute atomic E-state index is 0.0594. The molecule has 0 saturated heterocycles. The zero-order valence-electron chi connectivity index (χ0n) is 18.7. The number of benzene rings is 2. The third-order valence-corrected chi connectivity index (χ3v) is 5.86. The molecule has 6 nitrogen and oxygen atoms in total. The van der Waals surface area contributed by atoms with E-state index in [0.29, 0.717) is 41.2 Å². The van der Waals surface area contributed by atoms with Crippen LogP contribution in [0.1, 0.15) is 52.2 Å². The second kappa shape index (κ2) is 8.11. The van der Waals surface area contributed by atoms with Crippen LogP contribution in [-0.2, 0) is 6.42 Å². The zero-order valence-corrected chi connectivity index (χ0v) is 18.7. The summed E-state index contributed by atoms with van der Waals surface area (Å²) in [7, 11) is 1.57. The van der Waals surface area contributed by atoms with Gasteiger partial charge in [0.05, 0.1) is 7.11 Å². The van der Waals surface area contributed by atoms with E-state index in [1.54, 1.807) is 37.4 Å². The number of carbonyl (C=O) groups is 2. The fourth-order valence-corrected chi connectivity index (χ4v) is 4.18. The molecule has 32 heavy (non-hydrogen) atoms. The van der Waals surface area contributed by atoms with Crippen LogP contribution in [0.25, 0.3) is 5.69 Å². The molecule has 1 aliphatic rings. The number of aryl methyl sites for hydroxylation is 1. The number of nitrogens with zero attached hydrogens (tertiary/aromatic N) is 1. The number of ketones is 1. The summed E-state index contributed by atoms with van der Waals surface area (Å²) in [5.74, 6) is 0.0518. The van der Waals surface area contributed by atoms with Gasteiger partial charge < -0.3 is 10.1 Å². The highest BCUT2D eigenvalue weighted by molar-refractivity contribution is 6.07. The largest absolute Gasteiger partial charge is 0.497 e. The summed E-state index contributed by atoms with van der Waals surface area (Å²) in [6, 6.07) is 15.8. The Bertz CT molecular complexity index is 1270. The molecule has 4 rings (SSSR count). The maximum atomic E-state index is 13.6. The lowest BCUT2D eigenvalue weighted by molar-refractivity contribution is 0.0909. The Kier molecular flexibility index (Phi) is 5.46. The number of fused-ring (bicyclic) bond motifs is 1. The second-order valence-electron chi connectivity index (χ2n) is 8.97. The van der Waals surface area contributed by atoms with Gasteiger partial charge in [0, 0.05) is 29.1 Å². The highest BCUT2D eigenvalue weighted by Crippen LogP contribution is 2.35. The van der Waals surface area contributed by atoms with Crippen LogP contribution < -0.4 is 15.6 Å². The van der Waals surface area contributed by atoms with Crippen LogP contribution >= 0.6 is 0 Å². The Morgan fingerprint density at radius 2 is 1.72 bits per heavy atom. The summed E-state index contributed by atoms with van der Waals surface area (Å²) in [6.45, 7) is 5.90. The molecule has 0 bridgehead atoms. The fraction of sp³-hybridized carbons (Fsp3) is 0.269. The lowest BCUT2D eigenvalue weighted by atomic mass is 9.75. The predicted molar refractivity (Wildman–Crippen MR) is 124 cm³/mol. The SMILES string of the molecule is COc1ccc(-n2c3c(cc(C(=O)Nc4ccccc4C)c2=O)C(=O)CC(C)(C)C3)cc1. The van der Waals surface area contributed by atoms with Gasteiger partial charge in [0.15, 0.2) is 5.78 Å². The first kappa shape index (κ1) is 21.6. The second-order valence-corrected chi connectivity index (χ2v) is 8.97. The molecule has 6 heteroatoms. The summed E-state index contributed by atoms with van der Waals surface area (Å²) < 4.78 is 6.73. The topological polar surface area (TPSA) is 77.4 Å². The third-order valence-electron chi connectivity index (χ3n) is 5.86. The first-order chi connectivity index (χ1) is 15.2. The van der Waals surface area contributed by atoms with E-state index in [1.165, 1.54) is 10.6 Å². The maximum absolute atomic E-state index is 13.6. The van der Waals surface area contributed by atoms with Crippen LogP contribution in [0.3, 0.4) is 0 Å². The number of hydrogen-bond donors (Lipinski definition) is 1. The van der Waals surface area contributed by atoms with Gasteiger partial charge in [-0.25, -0.2) is 0 Å². The minimum Gasteiger partial charge on any atom is -0.497 e. The molecule has 0 radical (unpaired) electrons. The third kappa shape index (κ3) is 3.96. The predicted octanol–water partition coefficient (Wildman–Crippen LogP) is 4.56. The summed E-state index contributed by atoms with van der Waals surface area (Å²) in [5, 5.41) is 2.82. The molecule has 0 unspecified atom stereocenters. The number of pyridine rings is 1. The van der Waals surface area contributed by atoms with Crippen molar-refractivity contribution in [3.05, 3.63) is 87.3 Å². The van der Waals surface area contributed by atoms with Gasteiger partial charge in [-0.15, -0.1) is 0 Å². The standard InChI is InChI=1S/C26H26N2O4/c1-16-7-5-6-8-21(16)27-24(30)20-13-19-22(14-26(2,3)15-23(19)29)28(25(20)31)17-9-11-18(32-4)12-10-17/h5-13H,14-15H2,1-4H3,(H,27,30). The number of para-hydroxylation sites is 1. The van der Waals surface area contributed by atoms with Crippen molar-refractivity contribution in [2.75, 3.05) is 12.4 Å². The van der Waals surface area contributed by atoms with E-state index in [-0.39, 0.29) is 16.8 Å². The number of aromatic nitrogens is 1. The van der Waals surface area contributed by atoms with Gasteiger partial charge in [-0.3, -0.25) is 19.0 Å². The van der Waals surface area contributed by atoms with Crippen molar-refractivity contribution in [3.8, 4) is 11.4 Å². The van der Waals surface area contributed by atoms with E-state index >= 15 is 0 Å². The number of nitrogens with one attached hydrogen (secondary N) is 1. The van der Waals surface area contributed by atoms with Crippen molar-refractivity contribution >= 4 is 17.4 Å². The molecule has 0 aliphatic heterocycles. The fourth-order valence-electron chi connectivity index (χ4n) is 4.18. The van der Waals surface area contributed by atoms with Crippen LogP contribution in [-0.4, -0.2) is 23.4 Å². The molecule has 0 spiro atoms. The van der Waals surface area contributed by atoms with Crippen molar-refractivity contribution < 1.29 is 14.3 Å². The monoisotopic (exact) mass is 430 g/mol. The zero-order chi connectivity index (χ0) is 23.0. The normalized spacial score (nSPS) is 14.6. The molecule has 0 fully saturated rings. The summed E-state index contributed by atoms with van der Waals surface area (Å²) >= 11 is 0. The molecule has 1 aromatic heterocycles. The van der Waals surface area contributed by atoms with Gasteiger partial charge >= 0.3 is 0 Å². The molecule has 2 aromatic carbocycles. The molecule has 164 valence electrons. The maximum Gasteiger partial charge on any atom is 0.268 e. The van der Waals surface area contributed by atoms with E-state index in [0.717, 1.165) is 5.56 Å². The number of hydrogen-bond acceptors (Lipinski definition) is 4. The van der Waals surface area contributed by atoms with Crippen molar-refractivity contribution in [2.24, 2.45) is 5.41 Å². The number of carbonyl (C=O) groups excluding carboxylic acids is 2.